The van der Waals surface area contributed by atoms with E-state index in [0.717, 1.165) is 17.7 Å². The van der Waals surface area contributed by atoms with E-state index in [4.69, 9.17) is 3.07 Å². The predicted octanol–water partition coefficient (Wildman–Crippen LogP) is 2.09. The Kier molecular flexibility index (Phi) is 4.72. The summed E-state index contributed by atoms with van der Waals surface area (Å²) in [4.78, 5) is 11.0. The summed E-state index contributed by atoms with van der Waals surface area (Å²) in [5.41, 5.74) is 1.14. The van der Waals surface area contributed by atoms with Crippen LogP contribution in [-0.2, 0) is 11.2 Å². The smallest absolute Gasteiger partial charge is 0.220 e. The summed E-state index contributed by atoms with van der Waals surface area (Å²) in [5, 5.41) is 2.59. The number of carbonyl (C=O) groups is 1. The number of rotatable bonds is 4. The van der Waals surface area contributed by atoms with Crippen molar-refractivity contribution in [2.24, 2.45) is 0 Å². The Balaban J connectivity index is 2.47. The highest BCUT2D eigenvalue weighted by molar-refractivity contribution is 14.1. The van der Waals surface area contributed by atoms with E-state index in [9.17, 15) is 4.79 Å². The predicted molar refractivity (Wildman–Crippen MR) is 63.5 cm³/mol. The fourth-order valence-electron chi connectivity index (χ4n) is 1.09. The van der Waals surface area contributed by atoms with E-state index in [1.54, 1.807) is 7.05 Å². The van der Waals surface area contributed by atoms with Crippen molar-refractivity contribution in [3.05, 3.63) is 29.8 Å². The molecule has 14 heavy (non-hydrogen) atoms. The maximum absolute atomic E-state index is 11.0. The number of amides is 1. The summed E-state index contributed by atoms with van der Waals surface area (Å²) >= 11 is 1.84. The summed E-state index contributed by atoms with van der Waals surface area (Å²) < 4.78 is 5.01. The van der Waals surface area contributed by atoms with E-state index in [1.807, 2.05) is 47.3 Å². The molecule has 0 heterocycles. The molecule has 0 spiro atoms. The lowest BCUT2D eigenvalue weighted by atomic mass is 10.1. The van der Waals surface area contributed by atoms with E-state index >= 15 is 0 Å². The number of halogens is 1. The van der Waals surface area contributed by atoms with Gasteiger partial charge in [-0.25, -0.2) is 0 Å². The number of carbonyl (C=O) groups excluding carboxylic acids is 1. The molecule has 0 saturated heterocycles. The fourth-order valence-corrected chi connectivity index (χ4v) is 1.38. The van der Waals surface area contributed by atoms with Gasteiger partial charge in [0, 0.05) is 13.5 Å². The van der Waals surface area contributed by atoms with Crippen LogP contribution in [0.2, 0.25) is 0 Å². The molecule has 3 nitrogen and oxygen atoms in total. The van der Waals surface area contributed by atoms with Crippen molar-refractivity contribution in [1.29, 1.82) is 0 Å². The molecule has 76 valence electrons. The van der Waals surface area contributed by atoms with Crippen LogP contribution in [0.3, 0.4) is 0 Å². The third kappa shape index (κ3) is 3.53. The summed E-state index contributed by atoms with van der Waals surface area (Å²) in [7, 11) is 1.65. The van der Waals surface area contributed by atoms with Gasteiger partial charge in [0.15, 0.2) is 23.0 Å². The maximum Gasteiger partial charge on any atom is 0.220 e. The van der Waals surface area contributed by atoms with Gasteiger partial charge in [-0.15, -0.1) is 0 Å². The van der Waals surface area contributed by atoms with Gasteiger partial charge < -0.3 is 8.38 Å². The minimum Gasteiger partial charge on any atom is -0.428 e. The first-order chi connectivity index (χ1) is 6.76. The molecule has 0 fully saturated rings. The molecule has 0 aliphatic heterocycles. The molecule has 0 radical (unpaired) electrons. The third-order valence-electron chi connectivity index (χ3n) is 1.93. The van der Waals surface area contributed by atoms with Crippen LogP contribution in [0.25, 0.3) is 0 Å². The molecule has 0 aromatic heterocycles. The molecular weight excluding hydrogens is 293 g/mol. The molecule has 1 amide bonds. The Bertz CT molecular complexity index is 297. The molecule has 1 rings (SSSR count). The summed E-state index contributed by atoms with van der Waals surface area (Å²) in [5.74, 6) is 0.897. The van der Waals surface area contributed by atoms with Crippen molar-refractivity contribution in [3.8, 4) is 5.75 Å². The van der Waals surface area contributed by atoms with Crippen LogP contribution in [0.1, 0.15) is 12.0 Å². The van der Waals surface area contributed by atoms with Gasteiger partial charge in [-0.1, -0.05) is 12.1 Å². The molecular formula is C10H12INO2. The first-order valence-electron chi connectivity index (χ1n) is 4.34. The van der Waals surface area contributed by atoms with Gasteiger partial charge in [-0.2, -0.15) is 0 Å². The number of aryl methyl sites for hydroxylation is 1. The summed E-state index contributed by atoms with van der Waals surface area (Å²) in [6.45, 7) is 0. The van der Waals surface area contributed by atoms with E-state index in [1.165, 1.54) is 0 Å². The van der Waals surface area contributed by atoms with E-state index in [0.29, 0.717) is 6.42 Å². The van der Waals surface area contributed by atoms with Crippen LogP contribution in [0.15, 0.2) is 24.3 Å². The molecule has 0 aliphatic rings. The lowest BCUT2D eigenvalue weighted by Gasteiger charge is -2.01. The van der Waals surface area contributed by atoms with Crippen LogP contribution in [0.4, 0.5) is 0 Å². The molecule has 1 aromatic carbocycles. The van der Waals surface area contributed by atoms with Crippen LogP contribution in [0.5, 0.6) is 5.75 Å². The molecule has 1 N–H and O–H groups in total. The Hall–Kier alpha value is -0.780. The quantitative estimate of drug-likeness (QED) is 0.865. The average Bonchev–Trinajstić information content (AvgIpc) is 2.26. The van der Waals surface area contributed by atoms with Gasteiger partial charge in [-0.05, 0) is 24.1 Å². The SMILES string of the molecule is CNC(=O)CCc1ccc(OI)cc1. The highest BCUT2D eigenvalue weighted by Crippen LogP contribution is 2.15. The highest BCUT2D eigenvalue weighted by Gasteiger charge is 1.99. The zero-order valence-electron chi connectivity index (χ0n) is 7.92. The van der Waals surface area contributed by atoms with E-state index in [2.05, 4.69) is 5.32 Å². The summed E-state index contributed by atoms with van der Waals surface area (Å²) in [6, 6.07) is 7.73. The molecule has 0 saturated carbocycles. The molecule has 0 unspecified atom stereocenters. The van der Waals surface area contributed by atoms with E-state index in [-0.39, 0.29) is 5.91 Å². The molecule has 0 bridgehead atoms. The van der Waals surface area contributed by atoms with Crippen LogP contribution >= 0.6 is 23.0 Å². The molecule has 0 aliphatic carbocycles. The van der Waals surface area contributed by atoms with Gasteiger partial charge in [0.25, 0.3) is 0 Å². The second-order valence-electron chi connectivity index (χ2n) is 2.89. The van der Waals surface area contributed by atoms with Crippen molar-refractivity contribution in [3.63, 3.8) is 0 Å². The second kappa shape index (κ2) is 5.85. The highest BCUT2D eigenvalue weighted by atomic mass is 127. The first-order valence-corrected chi connectivity index (χ1v) is 5.22. The fraction of sp³-hybridized carbons (Fsp3) is 0.300. The average molecular weight is 305 g/mol. The first kappa shape index (κ1) is 11.3. The Morgan fingerprint density at radius 2 is 2.07 bits per heavy atom. The third-order valence-corrected chi connectivity index (χ3v) is 2.44. The molecule has 0 atom stereocenters. The Morgan fingerprint density at radius 1 is 1.43 bits per heavy atom. The van der Waals surface area contributed by atoms with Crippen molar-refractivity contribution < 1.29 is 7.86 Å². The largest absolute Gasteiger partial charge is 0.428 e. The minimum atomic E-state index is 0.0687. The van der Waals surface area contributed by atoms with Gasteiger partial charge in [-0.3, -0.25) is 4.79 Å². The van der Waals surface area contributed by atoms with Crippen molar-refractivity contribution in [2.45, 2.75) is 12.8 Å². The van der Waals surface area contributed by atoms with Crippen LogP contribution in [0, 0.1) is 0 Å². The number of hydrogen-bond donors (Lipinski definition) is 1. The summed E-state index contributed by atoms with van der Waals surface area (Å²) in [6.07, 6.45) is 1.29. The second-order valence-corrected chi connectivity index (χ2v) is 3.33. The molecule has 4 heteroatoms. The maximum atomic E-state index is 11.0. The number of hydrogen-bond acceptors (Lipinski definition) is 2. The van der Waals surface area contributed by atoms with Gasteiger partial charge >= 0.3 is 0 Å². The Labute approximate surface area is 97.5 Å². The van der Waals surface area contributed by atoms with Gasteiger partial charge in [0.2, 0.25) is 5.91 Å². The number of benzene rings is 1. The zero-order chi connectivity index (χ0) is 10.4. The van der Waals surface area contributed by atoms with Crippen molar-refractivity contribution in [1.82, 2.24) is 5.32 Å². The monoisotopic (exact) mass is 305 g/mol. The van der Waals surface area contributed by atoms with Crippen molar-refractivity contribution >= 4 is 28.9 Å². The Morgan fingerprint density at radius 3 is 2.57 bits per heavy atom. The molecule has 1 aromatic rings. The topological polar surface area (TPSA) is 38.3 Å². The lowest BCUT2D eigenvalue weighted by molar-refractivity contribution is -0.120. The van der Waals surface area contributed by atoms with Crippen LogP contribution in [-0.4, -0.2) is 13.0 Å². The normalized spacial score (nSPS) is 9.57. The lowest BCUT2D eigenvalue weighted by Crippen LogP contribution is -2.17. The minimum absolute atomic E-state index is 0.0687. The van der Waals surface area contributed by atoms with Gasteiger partial charge in [0.05, 0.1) is 0 Å². The van der Waals surface area contributed by atoms with Crippen LogP contribution < -0.4 is 8.38 Å². The number of nitrogens with one attached hydrogen (secondary N) is 1. The van der Waals surface area contributed by atoms with Crippen molar-refractivity contribution in [2.75, 3.05) is 7.05 Å². The standard InChI is InChI=1S/C10H12INO2/c1-12-10(13)7-4-8-2-5-9(14-11)6-3-8/h2-3,5-6H,4,7H2,1H3,(H,12,13). The van der Waals surface area contributed by atoms with E-state index < -0.39 is 0 Å². The zero-order valence-corrected chi connectivity index (χ0v) is 10.1. The van der Waals surface area contributed by atoms with Gasteiger partial charge in [0.1, 0.15) is 5.75 Å².